The zero-order valence-corrected chi connectivity index (χ0v) is 23.9. The van der Waals surface area contributed by atoms with Gasteiger partial charge in [0, 0.05) is 28.1 Å². The maximum Gasteiger partial charge on any atom is 0.333 e. The number of nitrogens with one attached hydrogen (secondary N) is 1. The normalized spacial score (nSPS) is 17.6. The summed E-state index contributed by atoms with van der Waals surface area (Å²) in [6.07, 6.45) is 8.09. The molecule has 0 aliphatic carbocycles. The van der Waals surface area contributed by atoms with Gasteiger partial charge in [0.1, 0.15) is 0 Å². The highest BCUT2D eigenvalue weighted by Gasteiger charge is 2.24. The van der Waals surface area contributed by atoms with Gasteiger partial charge in [-0.1, -0.05) is 65.7 Å². The molecule has 2 bridgehead atoms. The first kappa shape index (κ1) is 28.4. The molecule has 2 aromatic carbocycles. The van der Waals surface area contributed by atoms with Crippen LogP contribution in [0.1, 0.15) is 31.5 Å². The first-order valence-electron chi connectivity index (χ1n) is 13.1. The fraction of sp³-hybridized carbons (Fsp3) is 0.172. The highest BCUT2D eigenvalue weighted by atomic mass is 35.5. The van der Waals surface area contributed by atoms with Crippen molar-refractivity contribution in [1.82, 2.24) is 34.3 Å². The molecule has 4 heterocycles. The van der Waals surface area contributed by atoms with E-state index < -0.39 is 18.5 Å². The summed E-state index contributed by atoms with van der Waals surface area (Å²) >= 11 is 12.3. The molecular weight excluding hydrogens is 601 g/mol. The molecule has 2 atom stereocenters. The summed E-state index contributed by atoms with van der Waals surface area (Å²) in [6.45, 7) is -1.21. The van der Waals surface area contributed by atoms with E-state index in [1.807, 2.05) is 6.08 Å². The van der Waals surface area contributed by atoms with E-state index in [0.29, 0.717) is 44.2 Å². The average molecular weight is 623 g/mol. The van der Waals surface area contributed by atoms with E-state index >= 15 is 0 Å². The van der Waals surface area contributed by atoms with Crippen LogP contribution in [0.3, 0.4) is 0 Å². The lowest BCUT2D eigenvalue weighted by molar-refractivity contribution is -0.119. The second kappa shape index (κ2) is 11.5. The number of aromatic nitrogens is 7. The van der Waals surface area contributed by atoms with E-state index in [1.165, 1.54) is 34.0 Å². The first-order valence-corrected chi connectivity index (χ1v) is 13.8. The summed E-state index contributed by atoms with van der Waals surface area (Å²) < 4.78 is 31.3. The number of amides is 1. The van der Waals surface area contributed by atoms with Crippen LogP contribution in [0.4, 0.5) is 14.5 Å². The number of fused-ring (bicyclic) bond motifs is 4. The van der Waals surface area contributed by atoms with Crippen molar-refractivity contribution in [2.24, 2.45) is 5.92 Å². The molecule has 1 amide bonds. The van der Waals surface area contributed by atoms with Crippen LogP contribution in [0.25, 0.3) is 28.2 Å². The lowest BCUT2D eigenvalue weighted by Crippen LogP contribution is -2.25. The predicted octanol–water partition coefficient (Wildman–Crippen LogP) is 6.18. The summed E-state index contributed by atoms with van der Waals surface area (Å²) in [5, 5.41) is 15.0. The fourth-order valence-corrected chi connectivity index (χ4v) is 5.24. The summed E-state index contributed by atoms with van der Waals surface area (Å²) in [6, 6.07) is 12.6. The van der Waals surface area contributed by atoms with Crippen LogP contribution in [0.15, 0.2) is 84.2 Å². The molecule has 10 nitrogen and oxygen atoms in total. The second-order valence-corrected chi connectivity index (χ2v) is 10.7. The number of carbonyl (C=O) groups excluding carboxylic acids is 1. The maximum atomic E-state index is 13.9. The Balaban J connectivity index is 1.47. The standard InChI is InChI=1S/C29H22Cl2F2N8O2/c1-16-4-2-7-23(17-5-3-6-18(10-17)27-22(36-28(16)43)13-35-41(27)29(32)33)39-15-34-21(12-26(39)42)20-11-19(30)8-9-24(20)40-14-25(31)37-38-40/h2-3,5-16,23,29H,4H2,1H3,(H,36,43)/b7-2+/t16-,23+/m1/s1. The lowest BCUT2D eigenvalue weighted by Gasteiger charge is -2.20. The molecule has 5 aromatic rings. The van der Waals surface area contributed by atoms with Gasteiger partial charge in [-0.25, -0.2) is 14.3 Å². The van der Waals surface area contributed by atoms with Crippen molar-refractivity contribution in [2.75, 3.05) is 5.32 Å². The Morgan fingerprint density at radius 3 is 2.67 bits per heavy atom. The van der Waals surface area contributed by atoms with Gasteiger partial charge in [-0.2, -0.15) is 13.9 Å². The lowest BCUT2D eigenvalue weighted by atomic mass is 9.98. The second-order valence-electron chi connectivity index (χ2n) is 9.92. The van der Waals surface area contributed by atoms with Crippen molar-refractivity contribution in [2.45, 2.75) is 25.9 Å². The third-order valence-corrected chi connectivity index (χ3v) is 7.49. The van der Waals surface area contributed by atoms with Crippen molar-refractivity contribution >= 4 is 34.8 Å². The third kappa shape index (κ3) is 5.58. The Hall–Kier alpha value is -4.68. The zero-order chi connectivity index (χ0) is 30.2. The Bertz CT molecular complexity index is 1930. The largest absolute Gasteiger partial charge is 0.333 e. The van der Waals surface area contributed by atoms with Crippen molar-refractivity contribution in [3.8, 4) is 28.2 Å². The van der Waals surface area contributed by atoms with Gasteiger partial charge in [-0.05, 0) is 36.2 Å². The van der Waals surface area contributed by atoms with Gasteiger partial charge in [-0.3, -0.25) is 14.2 Å². The number of alkyl halides is 2. The Labute approximate surface area is 253 Å². The number of anilines is 1. The number of allylic oxidation sites excluding steroid dienone is 2. The number of carbonyl (C=O) groups is 1. The van der Waals surface area contributed by atoms with E-state index in [9.17, 15) is 18.4 Å². The van der Waals surface area contributed by atoms with Crippen molar-refractivity contribution in [1.29, 1.82) is 0 Å². The highest BCUT2D eigenvalue weighted by molar-refractivity contribution is 6.31. The van der Waals surface area contributed by atoms with E-state index in [1.54, 1.807) is 55.5 Å². The minimum atomic E-state index is -2.94. The molecule has 1 N–H and O–H groups in total. The Morgan fingerprint density at radius 2 is 1.93 bits per heavy atom. The third-order valence-electron chi connectivity index (χ3n) is 7.08. The molecule has 1 aliphatic heterocycles. The van der Waals surface area contributed by atoms with Gasteiger partial charge >= 0.3 is 6.55 Å². The molecule has 43 heavy (non-hydrogen) atoms. The van der Waals surface area contributed by atoms with Crippen molar-refractivity contribution in [3.63, 3.8) is 0 Å². The van der Waals surface area contributed by atoms with Crippen LogP contribution in [0, 0.1) is 5.92 Å². The van der Waals surface area contributed by atoms with Crippen LogP contribution in [-0.4, -0.2) is 40.2 Å². The summed E-state index contributed by atoms with van der Waals surface area (Å²) in [5.74, 6) is -0.830. The van der Waals surface area contributed by atoms with Gasteiger partial charge < -0.3 is 5.32 Å². The highest BCUT2D eigenvalue weighted by Crippen LogP contribution is 2.35. The molecule has 6 rings (SSSR count). The predicted molar refractivity (Wildman–Crippen MR) is 157 cm³/mol. The van der Waals surface area contributed by atoms with Crippen molar-refractivity contribution < 1.29 is 13.6 Å². The summed E-state index contributed by atoms with van der Waals surface area (Å²) in [4.78, 5) is 31.1. The van der Waals surface area contributed by atoms with Gasteiger partial charge in [0.15, 0.2) is 5.15 Å². The maximum absolute atomic E-state index is 13.9. The topological polar surface area (TPSA) is 113 Å². The van der Waals surface area contributed by atoms with Crippen LogP contribution >= 0.6 is 23.2 Å². The molecule has 0 saturated heterocycles. The SMILES string of the molecule is C[C@@H]1C/C=C/[C@H](n2cnc(-c3cc(Cl)ccc3-n3cc(Cl)nn3)cc2=O)c2cccc(c2)-c2c(cnn2C(F)F)NC1=O. The summed E-state index contributed by atoms with van der Waals surface area (Å²) in [7, 11) is 0. The van der Waals surface area contributed by atoms with Crippen LogP contribution in [0.5, 0.6) is 0 Å². The van der Waals surface area contributed by atoms with Gasteiger partial charge in [0.2, 0.25) is 5.91 Å². The zero-order valence-electron chi connectivity index (χ0n) is 22.4. The number of rotatable bonds is 4. The number of benzene rings is 2. The minimum absolute atomic E-state index is 0.0585. The van der Waals surface area contributed by atoms with Gasteiger partial charge in [-0.15, -0.1) is 5.10 Å². The molecule has 0 spiro atoms. The number of hydrogen-bond acceptors (Lipinski definition) is 6. The molecule has 14 heteroatoms. The van der Waals surface area contributed by atoms with Crippen LogP contribution in [0.2, 0.25) is 10.2 Å². The van der Waals surface area contributed by atoms with Gasteiger partial charge in [0.25, 0.3) is 5.56 Å². The minimum Gasteiger partial charge on any atom is -0.323 e. The molecule has 0 radical (unpaired) electrons. The van der Waals surface area contributed by atoms with E-state index in [4.69, 9.17) is 23.2 Å². The number of nitrogens with zero attached hydrogens (tertiary/aromatic N) is 7. The number of halogens is 4. The average Bonchev–Trinajstić information content (AvgIpc) is 3.61. The quantitative estimate of drug-likeness (QED) is 0.240. The summed E-state index contributed by atoms with van der Waals surface area (Å²) in [5.41, 5.74) is 2.31. The molecule has 0 saturated carbocycles. The Morgan fingerprint density at radius 1 is 1.09 bits per heavy atom. The molecule has 1 aliphatic rings. The van der Waals surface area contributed by atoms with Crippen LogP contribution < -0.4 is 10.9 Å². The molecule has 3 aromatic heterocycles. The molecule has 0 fully saturated rings. The van der Waals surface area contributed by atoms with Crippen LogP contribution in [-0.2, 0) is 4.79 Å². The molecule has 218 valence electrons. The van der Waals surface area contributed by atoms with Gasteiger partial charge in [0.05, 0.1) is 47.5 Å². The van der Waals surface area contributed by atoms with E-state index in [2.05, 4.69) is 25.7 Å². The monoisotopic (exact) mass is 622 g/mol. The number of hydrogen-bond donors (Lipinski definition) is 1. The first-order chi connectivity index (χ1) is 20.7. The molecular formula is C29H22Cl2F2N8O2. The fourth-order valence-electron chi connectivity index (χ4n) is 4.94. The van der Waals surface area contributed by atoms with E-state index in [0.717, 1.165) is 0 Å². The molecule has 0 unspecified atom stereocenters. The Kier molecular flexibility index (Phi) is 7.63. The van der Waals surface area contributed by atoms with Crippen molar-refractivity contribution in [3.05, 3.63) is 105 Å². The smallest absolute Gasteiger partial charge is 0.323 e. The van der Waals surface area contributed by atoms with E-state index in [-0.39, 0.29) is 28.0 Å².